The molecule has 0 bridgehead atoms. The molecule has 2 heterocycles. The van der Waals surface area contributed by atoms with Crippen LogP contribution in [0.4, 0.5) is 16.2 Å². The Labute approximate surface area is 301 Å². The van der Waals surface area contributed by atoms with Crippen molar-refractivity contribution in [2.45, 2.75) is 38.0 Å². The molecular formula is C40H43N5O7. The van der Waals surface area contributed by atoms with Gasteiger partial charge in [-0.1, -0.05) is 60.7 Å². The molecule has 12 heteroatoms. The van der Waals surface area contributed by atoms with Crippen LogP contribution in [0.3, 0.4) is 0 Å². The number of aromatic hydroxyl groups is 1. The van der Waals surface area contributed by atoms with E-state index in [2.05, 4.69) is 25.8 Å². The summed E-state index contributed by atoms with van der Waals surface area (Å²) in [4.78, 5) is 42.2. The first-order valence-electron chi connectivity index (χ1n) is 17.3. The number of carbonyl (C=O) groups is 2. The maximum Gasteiger partial charge on any atom is 0.411 e. The van der Waals surface area contributed by atoms with E-state index in [4.69, 9.17) is 9.47 Å². The van der Waals surface area contributed by atoms with Crippen LogP contribution >= 0.6 is 0 Å². The second kappa shape index (κ2) is 17.0. The van der Waals surface area contributed by atoms with Crippen molar-refractivity contribution >= 4 is 34.3 Å². The molecule has 270 valence electrons. The number of phenols is 1. The number of nitrogens with one attached hydrogen (secondary N) is 4. The van der Waals surface area contributed by atoms with Crippen molar-refractivity contribution in [3.63, 3.8) is 0 Å². The summed E-state index contributed by atoms with van der Waals surface area (Å²) in [5.41, 5.74) is 4.60. The lowest BCUT2D eigenvalue weighted by Gasteiger charge is -2.31. The number of phenolic OH excluding ortho intramolecular Hbond substituents is 1. The number of anilines is 2. The highest BCUT2D eigenvalue weighted by Crippen LogP contribution is 2.30. The number of methoxy groups -OCH3 is 1. The molecule has 6 N–H and O–H groups in total. The van der Waals surface area contributed by atoms with Gasteiger partial charge in [0.05, 0.1) is 30.1 Å². The van der Waals surface area contributed by atoms with Crippen molar-refractivity contribution in [1.29, 1.82) is 0 Å². The lowest BCUT2D eigenvalue weighted by Crippen LogP contribution is -2.39. The molecule has 0 saturated carbocycles. The number of hydrogen-bond donors (Lipinski definition) is 6. The number of fused-ring (bicyclic) bond motifs is 1. The quantitative estimate of drug-likeness (QED) is 0.0892. The summed E-state index contributed by atoms with van der Waals surface area (Å²) in [6.07, 6.45) is 0.100. The van der Waals surface area contributed by atoms with E-state index in [0.29, 0.717) is 73.5 Å². The average Bonchev–Trinajstić information content (AvgIpc) is 3.16. The van der Waals surface area contributed by atoms with Crippen molar-refractivity contribution in [1.82, 2.24) is 15.2 Å². The smallest absolute Gasteiger partial charge is 0.411 e. The summed E-state index contributed by atoms with van der Waals surface area (Å²) in [6.45, 7) is 2.66. The Morgan fingerprint density at radius 3 is 2.48 bits per heavy atom. The number of hydrogen-bond acceptors (Lipinski definition) is 9. The molecule has 12 nitrogen and oxygen atoms in total. The van der Waals surface area contributed by atoms with Gasteiger partial charge in [0, 0.05) is 56.2 Å². The molecule has 52 heavy (non-hydrogen) atoms. The third-order valence-corrected chi connectivity index (χ3v) is 9.18. The molecule has 1 fully saturated rings. The van der Waals surface area contributed by atoms with Crippen LogP contribution in [0.25, 0.3) is 22.0 Å². The van der Waals surface area contributed by atoms with Gasteiger partial charge in [0.25, 0.3) is 0 Å². The van der Waals surface area contributed by atoms with E-state index in [1.807, 2.05) is 66.7 Å². The fourth-order valence-corrected chi connectivity index (χ4v) is 6.44. The monoisotopic (exact) mass is 705 g/mol. The van der Waals surface area contributed by atoms with Crippen molar-refractivity contribution in [2.24, 2.45) is 0 Å². The topological polar surface area (TPSA) is 165 Å². The maximum atomic E-state index is 12.9. The Balaban J connectivity index is 0.923. The fraction of sp³-hybridized carbons (Fsp3) is 0.275. The number of likely N-dealkylation sites (tertiary alicyclic amines) is 1. The molecule has 1 aliphatic heterocycles. The molecule has 2 amide bonds. The largest absolute Gasteiger partial charge is 0.506 e. The molecule has 1 saturated heterocycles. The van der Waals surface area contributed by atoms with E-state index in [-0.39, 0.29) is 35.4 Å². The Morgan fingerprint density at radius 2 is 1.69 bits per heavy atom. The molecule has 5 aromatic rings. The number of para-hydroxylation sites is 1. The van der Waals surface area contributed by atoms with Gasteiger partial charge in [0.15, 0.2) is 0 Å². The van der Waals surface area contributed by atoms with Crippen LogP contribution in [0.2, 0.25) is 0 Å². The summed E-state index contributed by atoms with van der Waals surface area (Å²) in [5, 5.41) is 30.6. The van der Waals surface area contributed by atoms with E-state index in [9.17, 15) is 24.6 Å². The molecular weight excluding hydrogens is 662 g/mol. The number of piperidine rings is 1. The lowest BCUT2D eigenvalue weighted by atomic mass is 10.0. The zero-order chi connectivity index (χ0) is 36.5. The minimum absolute atomic E-state index is 0.0636. The molecule has 4 aromatic carbocycles. The number of amides is 2. The van der Waals surface area contributed by atoms with Crippen molar-refractivity contribution in [2.75, 3.05) is 43.9 Å². The van der Waals surface area contributed by atoms with Gasteiger partial charge < -0.3 is 40.2 Å². The van der Waals surface area contributed by atoms with Crippen LogP contribution in [0.15, 0.2) is 102 Å². The van der Waals surface area contributed by atoms with Gasteiger partial charge in [-0.15, -0.1) is 0 Å². The van der Waals surface area contributed by atoms with Crippen LogP contribution < -0.4 is 26.2 Å². The van der Waals surface area contributed by atoms with Crippen molar-refractivity contribution in [3.05, 3.63) is 119 Å². The Kier molecular flexibility index (Phi) is 11.8. The number of pyridine rings is 1. The highest BCUT2D eigenvalue weighted by molar-refractivity contribution is 5.93. The number of ether oxygens (including phenoxy) is 2. The van der Waals surface area contributed by atoms with E-state index in [0.717, 1.165) is 16.7 Å². The van der Waals surface area contributed by atoms with Gasteiger partial charge in [-0.2, -0.15) is 0 Å². The predicted molar refractivity (Wildman–Crippen MR) is 201 cm³/mol. The van der Waals surface area contributed by atoms with E-state index in [1.165, 1.54) is 12.1 Å². The van der Waals surface area contributed by atoms with E-state index in [1.54, 1.807) is 25.3 Å². The molecule has 0 radical (unpaired) electrons. The standard InChI is InChI=1S/C40H43N5O7/c1-51-36-23-26(24-41-25-35(47)30-12-15-34(46)39-31(30)13-16-37(48)44-39)11-14-33(36)42-38(49)19-22-45-20-17-28(18-21-45)52-40(50)43-32-10-6-5-9-29(32)27-7-3-2-4-8-27/h2-16,23,28,35,41,46-47H,17-22,24-25H2,1H3,(H,42,49)(H,43,50)(H,44,48)/t35-/m0/s1. The van der Waals surface area contributed by atoms with Gasteiger partial charge in [-0.3, -0.25) is 14.9 Å². The first-order valence-corrected chi connectivity index (χ1v) is 17.3. The second-order valence-corrected chi connectivity index (χ2v) is 12.7. The number of H-pyrrole nitrogens is 1. The molecule has 6 rings (SSSR count). The minimum atomic E-state index is -0.888. The molecule has 1 aromatic heterocycles. The molecule has 1 aliphatic rings. The van der Waals surface area contributed by atoms with Crippen molar-refractivity contribution < 1.29 is 29.3 Å². The maximum absolute atomic E-state index is 12.9. The lowest BCUT2D eigenvalue weighted by molar-refractivity contribution is -0.116. The second-order valence-electron chi connectivity index (χ2n) is 12.7. The number of benzene rings is 4. The first kappa shape index (κ1) is 36.1. The zero-order valence-corrected chi connectivity index (χ0v) is 28.9. The SMILES string of the molecule is COc1cc(CNC[C@H](O)c2ccc(O)c3[nH]c(=O)ccc23)ccc1NC(=O)CCN1CCC(OC(=O)Nc2ccccc2-c2ccccc2)CC1. The van der Waals surface area contributed by atoms with Gasteiger partial charge in [0.1, 0.15) is 17.6 Å². The van der Waals surface area contributed by atoms with Crippen LogP contribution in [0, 0.1) is 0 Å². The number of rotatable bonds is 13. The van der Waals surface area contributed by atoms with Gasteiger partial charge >= 0.3 is 6.09 Å². The molecule has 0 unspecified atom stereocenters. The van der Waals surface area contributed by atoms with E-state index < -0.39 is 12.2 Å². The van der Waals surface area contributed by atoms with Crippen LogP contribution in [0.1, 0.15) is 36.5 Å². The van der Waals surface area contributed by atoms with Crippen LogP contribution in [0.5, 0.6) is 11.5 Å². The van der Waals surface area contributed by atoms with Crippen molar-refractivity contribution in [3.8, 4) is 22.6 Å². The molecule has 0 spiro atoms. The Morgan fingerprint density at radius 1 is 0.923 bits per heavy atom. The highest BCUT2D eigenvalue weighted by atomic mass is 16.6. The Bertz CT molecular complexity index is 2060. The summed E-state index contributed by atoms with van der Waals surface area (Å²) in [5.74, 6) is 0.320. The Hall–Kier alpha value is -5.69. The predicted octanol–water partition coefficient (Wildman–Crippen LogP) is 5.77. The van der Waals surface area contributed by atoms with Gasteiger partial charge in [-0.05, 0) is 59.9 Å². The molecule has 1 atom stereocenters. The highest BCUT2D eigenvalue weighted by Gasteiger charge is 2.23. The summed E-state index contributed by atoms with van der Waals surface area (Å²) in [6, 6.07) is 29.0. The number of aromatic nitrogens is 1. The number of aromatic amines is 1. The fourth-order valence-electron chi connectivity index (χ4n) is 6.44. The number of nitrogens with zero attached hydrogens (tertiary/aromatic N) is 1. The summed E-state index contributed by atoms with van der Waals surface area (Å²) in [7, 11) is 1.54. The van der Waals surface area contributed by atoms with E-state index >= 15 is 0 Å². The number of carbonyl (C=O) groups excluding carboxylic acids is 2. The average molecular weight is 706 g/mol. The third kappa shape index (κ3) is 9.15. The van der Waals surface area contributed by atoms with Gasteiger partial charge in [-0.25, -0.2) is 4.79 Å². The minimum Gasteiger partial charge on any atom is -0.506 e. The summed E-state index contributed by atoms with van der Waals surface area (Å²) < 4.78 is 11.3. The van der Waals surface area contributed by atoms with Crippen LogP contribution in [-0.2, 0) is 16.1 Å². The first-order chi connectivity index (χ1) is 25.3. The summed E-state index contributed by atoms with van der Waals surface area (Å²) >= 11 is 0. The van der Waals surface area contributed by atoms with Gasteiger partial charge in [0.2, 0.25) is 11.5 Å². The zero-order valence-electron chi connectivity index (χ0n) is 28.9. The molecule has 0 aliphatic carbocycles. The third-order valence-electron chi connectivity index (χ3n) is 9.18. The normalized spacial score (nSPS) is 14.1. The number of aliphatic hydroxyl groups is 1. The van der Waals surface area contributed by atoms with Crippen LogP contribution in [-0.4, -0.2) is 71.5 Å². The number of aliphatic hydroxyl groups excluding tert-OH is 1.